The number of fused-ring (bicyclic) bond motifs is 1. The predicted octanol–water partition coefficient (Wildman–Crippen LogP) is 0.925. The van der Waals surface area contributed by atoms with Crippen LogP contribution in [0.15, 0.2) is 39.1 Å². The number of hydrogen-bond donors (Lipinski definition) is 4. The number of nitrogens with one attached hydrogen (secondary N) is 1. The van der Waals surface area contributed by atoms with Crippen molar-refractivity contribution in [1.29, 1.82) is 0 Å². The first-order valence-corrected chi connectivity index (χ1v) is 11.0. The number of halogens is 1. The minimum atomic E-state index is -1.27. The number of aliphatic carboxylic acids is 1. The number of allylic oxidation sites excluding steroid dienone is 1. The number of hydrogen-bond acceptors (Lipinski definition) is 11. The molecular weight excluding hydrogens is 482 g/mol. The normalized spacial score (nSPS) is 20.6. The van der Waals surface area contributed by atoms with E-state index in [1.54, 1.807) is 6.07 Å². The van der Waals surface area contributed by atoms with Crippen molar-refractivity contribution < 1.29 is 24.7 Å². The van der Waals surface area contributed by atoms with Crippen LogP contribution in [0.1, 0.15) is 18.7 Å². The van der Waals surface area contributed by atoms with Crippen molar-refractivity contribution in [1.82, 2.24) is 24.6 Å². The third-order valence-corrected chi connectivity index (χ3v) is 6.99. The van der Waals surface area contributed by atoms with Crippen molar-refractivity contribution in [3.63, 3.8) is 0 Å². The summed E-state index contributed by atoms with van der Waals surface area (Å²) in [6.07, 6.45) is 3.79. The van der Waals surface area contributed by atoms with Gasteiger partial charge in [0.05, 0.1) is 11.1 Å². The van der Waals surface area contributed by atoms with E-state index in [2.05, 4.69) is 24.8 Å². The second-order valence-corrected chi connectivity index (χ2v) is 8.98. The minimum absolute atomic E-state index is 0.0714. The summed E-state index contributed by atoms with van der Waals surface area (Å²) in [5.74, 6) is -2.93. The molecule has 0 aromatic carbocycles. The number of nitrogen functional groups attached to an aromatic ring is 1. The number of rotatable bonds is 6. The Morgan fingerprint density at radius 3 is 2.84 bits per heavy atom. The Labute approximate surface area is 193 Å². The van der Waals surface area contributed by atoms with Crippen LogP contribution in [0.5, 0.6) is 0 Å². The van der Waals surface area contributed by atoms with Gasteiger partial charge in [0, 0.05) is 33.7 Å². The molecule has 2 atom stereocenters. The quantitative estimate of drug-likeness (QED) is 0.194. The number of aromatic nitrogens is 3. The lowest BCUT2D eigenvalue weighted by Crippen LogP contribution is -2.72. The zero-order valence-electron chi connectivity index (χ0n) is 15.9. The van der Waals surface area contributed by atoms with Crippen LogP contribution in [-0.2, 0) is 14.4 Å². The Hall–Kier alpha value is -3.23. The first kappa shape index (κ1) is 22.0. The molecule has 0 radical (unpaired) electrons. The van der Waals surface area contributed by atoms with Gasteiger partial charge in [0.15, 0.2) is 5.13 Å². The monoisotopic (exact) mass is 495 g/mol. The van der Waals surface area contributed by atoms with Crippen LogP contribution >= 0.6 is 34.9 Å². The fourth-order valence-electron chi connectivity index (χ4n) is 3.43. The standard InChI is InChI=1S/C17H14ClN7O5S2/c18-6-3-4-20-5-9(6)31-8-2-1-7-10(15(27)25(7)12(8)16(28)29)21-14(26)11(23-30)13-22-17(19)32-24-13/h3-5,7,10,30H,1-2H2,(H,21,26)(H,28,29)(H2,19,22,24)/b23-11-/t7?,10-/m0/s1. The van der Waals surface area contributed by atoms with Crippen molar-refractivity contribution in [2.75, 3.05) is 5.73 Å². The third-order valence-electron chi connectivity index (χ3n) is 4.82. The molecule has 0 aliphatic carbocycles. The second-order valence-electron chi connectivity index (χ2n) is 6.66. The lowest BCUT2D eigenvalue weighted by Gasteiger charge is -2.50. The molecule has 5 N–H and O–H groups in total. The van der Waals surface area contributed by atoms with Gasteiger partial charge < -0.3 is 21.4 Å². The lowest BCUT2D eigenvalue weighted by atomic mass is 9.86. The maximum absolute atomic E-state index is 12.8. The van der Waals surface area contributed by atoms with Crippen molar-refractivity contribution in [3.8, 4) is 0 Å². The van der Waals surface area contributed by atoms with Gasteiger partial charge >= 0.3 is 5.97 Å². The van der Waals surface area contributed by atoms with E-state index in [0.29, 0.717) is 27.7 Å². The van der Waals surface area contributed by atoms with E-state index in [4.69, 9.17) is 17.3 Å². The molecule has 4 heterocycles. The molecule has 2 aliphatic rings. The first-order valence-electron chi connectivity index (χ1n) is 9.01. The first-order chi connectivity index (χ1) is 15.3. The summed E-state index contributed by atoms with van der Waals surface area (Å²) in [5, 5.41) is 24.8. The Morgan fingerprint density at radius 2 is 2.22 bits per heavy atom. The molecule has 2 aromatic rings. The Morgan fingerprint density at radius 1 is 1.44 bits per heavy atom. The highest BCUT2D eigenvalue weighted by molar-refractivity contribution is 8.03. The van der Waals surface area contributed by atoms with Gasteiger partial charge in [0.2, 0.25) is 11.5 Å². The van der Waals surface area contributed by atoms with Crippen LogP contribution in [0, 0.1) is 0 Å². The average molecular weight is 496 g/mol. The van der Waals surface area contributed by atoms with E-state index in [0.717, 1.165) is 28.2 Å². The van der Waals surface area contributed by atoms with Gasteiger partial charge in [-0.25, -0.2) is 4.79 Å². The molecule has 32 heavy (non-hydrogen) atoms. The highest BCUT2D eigenvalue weighted by Crippen LogP contribution is 2.44. The number of nitrogens with zero attached hydrogens (tertiary/aromatic N) is 5. The van der Waals surface area contributed by atoms with Gasteiger partial charge in [-0.05, 0) is 18.9 Å². The van der Waals surface area contributed by atoms with Crippen LogP contribution in [0.3, 0.4) is 0 Å². The fraction of sp³-hybridized carbons (Fsp3) is 0.235. The number of nitrogens with two attached hydrogens (primary N) is 1. The summed E-state index contributed by atoms with van der Waals surface area (Å²) in [5.41, 5.74) is 4.82. The zero-order chi connectivity index (χ0) is 23.0. The third kappa shape index (κ3) is 3.87. The molecule has 2 aliphatic heterocycles. The molecule has 2 amide bonds. The number of oxime groups is 1. The molecule has 0 bridgehead atoms. The number of thioether (sulfide) groups is 1. The summed E-state index contributed by atoms with van der Waals surface area (Å²) < 4.78 is 3.81. The average Bonchev–Trinajstić information content (AvgIpc) is 3.19. The number of β-lactam (4-membered cyclic amide) rings is 1. The molecule has 2 aromatic heterocycles. The number of carboxylic acid groups (broad SMARTS) is 1. The van der Waals surface area contributed by atoms with Gasteiger partial charge in [-0.15, -0.1) is 0 Å². The summed E-state index contributed by atoms with van der Waals surface area (Å²) >= 11 is 8.09. The van der Waals surface area contributed by atoms with Gasteiger partial charge in [-0.2, -0.15) is 9.36 Å². The van der Waals surface area contributed by atoms with E-state index in [-0.39, 0.29) is 16.7 Å². The second kappa shape index (κ2) is 8.72. The van der Waals surface area contributed by atoms with Crippen LogP contribution in [-0.4, -0.2) is 65.1 Å². The number of pyridine rings is 1. The topological polar surface area (TPSA) is 184 Å². The zero-order valence-corrected chi connectivity index (χ0v) is 18.3. The van der Waals surface area contributed by atoms with Gasteiger partial charge in [-0.3, -0.25) is 19.5 Å². The van der Waals surface area contributed by atoms with Crippen molar-refractivity contribution in [3.05, 3.63) is 39.9 Å². The lowest BCUT2D eigenvalue weighted by molar-refractivity contribution is -0.155. The van der Waals surface area contributed by atoms with Crippen LogP contribution in [0.4, 0.5) is 5.13 Å². The number of anilines is 1. The van der Waals surface area contributed by atoms with Crippen molar-refractivity contribution >= 4 is 63.5 Å². The molecule has 0 spiro atoms. The maximum Gasteiger partial charge on any atom is 0.353 e. The van der Waals surface area contributed by atoms with Crippen LogP contribution in [0.25, 0.3) is 0 Å². The highest BCUT2D eigenvalue weighted by Gasteiger charge is 2.54. The van der Waals surface area contributed by atoms with E-state index >= 15 is 0 Å². The Balaban J connectivity index is 1.54. The number of carboxylic acids is 1. The number of carbonyl (C=O) groups excluding carboxylic acids is 2. The molecule has 166 valence electrons. The van der Waals surface area contributed by atoms with Gasteiger partial charge in [0.25, 0.3) is 11.8 Å². The summed E-state index contributed by atoms with van der Waals surface area (Å²) in [6.45, 7) is 0. The molecule has 12 nitrogen and oxygen atoms in total. The van der Waals surface area contributed by atoms with Gasteiger partial charge in [0.1, 0.15) is 11.7 Å². The fourth-order valence-corrected chi connectivity index (χ4v) is 5.13. The molecule has 1 unspecified atom stereocenters. The molecule has 4 rings (SSSR count). The maximum atomic E-state index is 12.8. The molecule has 1 fully saturated rings. The molecule has 0 saturated carbocycles. The largest absolute Gasteiger partial charge is 0.477 e. The SMILES string of the molecule is Nc1nc(/C(=N/O)C(=O)N[C@@H]2C(=O)N3C(C(=O)O)=C(Sc4cnccc4Cl)CCC23)ns1. The number of carbonyl (C=O) groups is 3. The van der Waals surface area contributed by atoms with E-state index in [9.17, 15) is 24.7 Å². The predicted molar refractivity (Wildman–Crippen MR) is 114 cm³/mol. The van der Waals surface area contributed by atoms with E-state index in [1.807, 2.05) is 0 Å². The van der Waals surface area contributed by atoms with Gasteiger partial charge in [-0.1, -0.05) is 28.5 Å². The Kier molecular flexibility index (Phi) is 5.99. The molecule has 1 saturated heterocycles. The highest BCUT2D eigenvalue weighted by atomic mass is 35.5. The Bertz CT molecular complexity index is 1180. The number of amides is 2. The van der Waals surface area contributed by atoms with E-state index in [1.165, 1.54) is 12.4 Å². The molecular formula is C17H14ClN7O5S2. The molecule has 15 heteroatoms. The van der Waals surface area contributed by atoms with E-state index < -0.39 is 35.6 Å². The van der Waals surface area contributed by atoms with Crippen molar-refractivity contribution in [2.45, 2.75) is 29.8 Å². The van der Waals surface area contributed by atoms with Crippen LogP contribution < -0.4 is 11.1 Å². The summed E-state index contributed by atoms with van der Waals surface area (Å²) in [7, 11) is 0. The summed E-state index contributed by atoms with van der Waals surface area (Å²) in [4.78, 5) is 47.2. The minimum Gasteiger partial charge on any atom is -0.477 e. The smallest absolute Gasteiger partial charge is 0.353 e. The van der Waals surface area contributed by atoms with Crippen LogP contribution in [0.2, 0.25) is 5.02 Å². The van der Waals surface area contributed by atoms with Crippen molar-refractivity contribution in [2.24, 2.45) is 5.16 Å². The summed E-state index contributed by atoms with van der Waals surface area (Å²) in [6, 6.07) is 0.0277.